The molecule has 0 saturated heterocycles. The molecule has 0 aliphatic rings. The highest BCUT2D eigenvalue weighted by atomic mass is 16.6. The Bertz CT molecular complexity index is 217. The van der Waals surface area contributed by atoms with Crippen molar-refractivity contribution in [2.45, 2.75) is 13.0 Å². The largest absolute Gasteiger partial charge is 0.460 e. The van der Waals surface area contributed by atoms with E-state index in [0.29, 0.717) is 39.6 Å². The van der Waals surface area contributed by atoms with E-state index in [9.17, 15) is 4.79 Å². The zero-order chi connectivity index (χ0) is 13.6. The fraction of sp³-hybridized carbons (Fsp3) is 0.750. The van der Waals surface area contributed by atoms with E-state index in [1.807, 2.05) is 0 Å². The summed E-state index contributed by atoms with van der Waals surface area (Å²) in [6.45, 7) is 7.58. The lowest BCUT2D eigenvalue weighted by Crippen LogP contribution is -2.15. The molecule has 0 saturated carbocycles. The van der Waals surface area contributed by atoms with Crippen molar-refractivity contribution in [2.75, 3.05) is 46.2 Å². The molecule has 0 bridgehead atoms. The second kappa shape index (κ2) is 12.5. The van der Waals surface area contributed by atoms with Crippen LogP contribution in [0.5, 0.6) is 0 Å². The van der Waals surface area contributed by atoms with Gasteiger partial charge in [0.15, 0.2) is 0 Å². The van der Waals surface area contributed by atoms with Gasteiger partial charge in [-0.15, -0.1) is 0 Å². The lowest BCUT2D eigenvalue weighted by atomic mass is 10.4. The fourth-order valence-electron chi connectivity index (χ4n) is 0.954. The van der Waals surface area contributed by atoms with Gasteiger partial charge in [0, 0.05) is 6.08 Å². The van der Waals surface area contributed by atoms with Crippen molar-refractivity contribution in [1.82, 2.24) is 0 Å². The van der Waals surface area contributed by atoms with Crippen molar-refractivity contribution >= 4 is 5.97 Å². The number of rotatable bonds is 12. The smallest absolute Gasteiger partial charge is 0.330 e. The number of aliphatic hydroxyl groups is 1. The number of ether oxygens (including phenoxy) is 4. The summed E-state index contributed by atoms with van der Waals surface area (Å²) in [4.78, 5) is 10.6. The molecule has 0 rings (SSSR count). The van der Waals surface area contributed by atoms with Gasteiger partial charge in [-0.25, -0.2) is 4.79 Å². The number of esters is 1. The molecular formula is C12H22O6. The Morgan fingerprint density at radius 2 is 1.61 bits per heavy atom. The Morgan fingerprint density at radius 1 is 1.11 bits per heavy atom. The molecule has 0 amide bonds. The summed E-state index contributed by atoms with van der Waals surface area (Å²) in [5.74, 6) is -0.454. The predicted molar refractivity (Wildman–Crippen MR) is 65.3 cm³/mol. The molecule has 1 atom stereocenters. The first-order valence-electron chi connectivity index (χ1n) is 5.87. The minimum absolute atomic E-state index is 0.211. The van der Waals surface area contributed by atoms with Crippen molar-refractivity contribution < 1.29 is 28.8 Å². The van der Waals surface area contributed by atoms with Crippen molar-refractivity contribution in [3.05, 3.63) is 12.7 Å². The quantitative estimate of drug-likeness (QED) is 0.306. The summed E-state index contributed by atoms with van der Waals surface area (Å²) in [6.07, 6.45) is 0.655. The first kappa shape index (κ1) is 17.1. The Kier molecular flexibility index (Phi) is 11.8. The lowest BCUT2D eigenvalue weighted by molar-refractivity contribution is -0.139. The van der Waals surface area contributed by atoms with E-state index in [1.54, 1.807) is 6.92 Å². The van der Waals surface area contributed by atoms with Crippen LogP contribution >= 0.6 is 0 Å². The van der Waals surface area contributed by atoms with Crippen molar-refractivity contribution in [1.29, 1.82) is 0 Å². The molecule has 0 aliphatic carbocycles. The van der Waals surface area contributed by atoms with Gasteiger partial charge in [0.1, 0.15) is 6.61 Å². The summed E-state index contributed by atoms with van der Waals surface area (Å²) < 4.78 is 20.2. The molecule has 0 aromatic rings. The van der Waals surface area contributed by atoms with Crippen LogP contribution in [0.3, 0.4) is 0 Å². The van der Waals surface area contributed by atoms with Gasteiger partial charge in [0.25, 0.3) is 0 Å². The van der Waals surface area contributed by atoms with Crippen molar-refractivity contribution in [3.63, 3.8) is 0 Å². The SMILES string of the molecule is C=CC(=O)OCCOCCOCCOCC(C)O. The Balaban J connectivity index is 3.03. The third kappa shape index (κ3) is 13.1. The molecule has 0 fully saturated rings. The third-order valence-corrected chi connectivity index (χ3v) is 1.74. The van der Waals surface area contributed by atoms with Gasteiger partial charge in [-0.3, -0.25) is 0 Å². The average molecular weight is 262 g/mol. The van der Waals surface area contributed by atoms with E-state index in [4.69, 9.17) is 24.1 Å². The molecule has 0 radical (unpaired) electrons. The van der Waals surface area contributed by atoms with Crippen LogP contribution in [0.4, 0.5) is 0 Å². The van der Waals surface area contributed by atoms with Crippen LogP contribution in [0, 0.1) is 0 Å². The van der Waals surface area contributed by atoms with Crippen LogP contribution in [0.2, 0.25) is 0 Å². The molecule has 0 aliphatic heterocycles. The van der Waals surface area contributed by atoms with Gasteiger partial charge >= 0.3 is 5.97 Å². The summed E-state index contributed by atoms with van der Waals surface area (Å²) in [5.41, 5.74) is 0. The van der Waals surface area contributed by atoms with Gasteiger partial charge in [-0.05, 0) is 6.92 Å². The average Bonchev–Trinajstić information content (AvgIpc) is 2.35. The van der Waals surface area contributed by atoms with Gasteiger partial charge in [-0.1, -0.05) is 6.58 Å². The minimum atomic E-state index is -0.454. The van der Waals surface area contributed by atoms with Crippen LogP contribution in [0.15, 0.2) is 12.7 Å². The molecule has 1 unspecified atom stereocenters. The number of carbonyl (C=O) groups excluding carboxylic acids is 1. The minimum Gasteiger partial charge on any atom is -0.460 e. The maximum atomic E-state index is 10.6. The van der Waals surface area contributed by atoms with E-state index in [1.165, 1.54) is 0 Å². The Labute approximate surface area is 107 Å². The number of hydrogen-bond acceptors (Lipinski definition) is 6. The summed E-state index contributed by atoms with van der Waals surface area (Å²) in [7, 11) is 0. The molecule has 0 heterocycles. The number of carbonyl (C=O) groups is 1. The second-order valence-electron chi connectivity index (χ2n) is 3.52. The zero-order valence-electron chi connectivity index (χ0n) is 10.8. The highest BCUT2D eigenvalue weighted by Gasteiger charge is 1.96. The van der Waals surface area contributed by atoms with Crippen molar-refractivity contribution in [3.8, 4) is 0 Å². The van der Waals surface area contributed by atoms with E-state index >= 15 is 0 Å². The maximum Gasteiger partial charge on any atom is 0.330 e. The van der Waals surface area contributed by atoms with Crippen molar-refractivity contribution in [2.24, 2.45) is 0 Å². The van der Waals surface area contributed by atoms with Gasteiger partial charge in [-0.2, -0.15) is 0 Å². The molecule has 18 heavy (non-hydrogen) atoms. The summed E-state index contributed by atoms with van der Waals surface area (Å²) >= 11 is 0. The van der Waals surface area contributed by atoms with Crippen LogP contribution in [0.25, 0.3) is 0 Å². The molecule has 1 N–H and O–H groups in total. The van der Waals surface area contributed by atoms with Crippen LogP contribution < -0.4 is 0 Å². The fourth-order valence-corrected chi connectivity index (χ4v) is 0.954. The number of hydrogen-bond donors (Lipinski definition) is 1. The Morgan fingerprint density at radius 3 is 2.11 bits per heavy atom. The summed E-state index contributed by atoms with van der Waals surface area (Å²) in [6, 6.07) is 0. The van der Waals surface area contributed by atoms with Gasteiger partial charge < -0.3 is 24.1 Å². The maximum absolute atomic E-state index is 10.6. The normalized spacial score (nSPS) is 12.1. The molecule has 6 nitrogen and oxygen atoms in total. The van der Waals surface area contributed by atoms with E-state index in [2.05, 4.69) is 6.58 Å². The van der Waals surface area contributed by atoms with E-state index in [-0.39, 0.29) is 6.61 Å². The molecule has 0 spiro atoms. The standard InChI is InChI=1S/C12H22O6/c1-3-12(14)18-9-8-16-5-4-15-6-7-17-10-11(2)13/h3,11,13H,1,4-10H2,2H3. The lowest BCUT2D eigenvalue weighted by Gasteiger charge is -2.07. The second-order valence-corrected chi connectivity index (χ2v) is 3.52. The Hall–Kier alpha value is -0.950. The highest BCUT2D eigenvalue weighted by Crippen LogP contribution is 1.85. The first-order chi connectivity index (χ1) is 8.66. The monoisotopic (exact) mass is 262 g/mol. The molecule has 0 aromatic heterocycles. The topological polar surface area (TPSA) is 74.2 Å². The van der Waals surface area contributed by atoms with E-state index in [0.717, 1.165) is 6.08 Å². The van der Waals surface area contributed by atoms with Crippen LogP contribution in [-0.4, -0.2) is 63.4 Å². The zero-order valence-corrected chi connectivity index (χ0v) is 10.8. The third-order valence-electron chi connectivity index (χ3n) is 1.74. The highest BCUT2D eigenvalue weighted by molar-refractivity contribution is 5.81. The molecule has 6 heteroatoms. The van der Waals surface area contributed by atoms with Gasteiger partial charge in [0.05, 0.1) is 45.7 Å². The van der Waals surface area contributed by atoms with Gasteiger partial charge in [0.2, 0.25) is 0 Å². The molecular weight excluding hydrogens is 240 g/mol. The predicted octanol–water partition coefficient (Wildman–Crippen LogP) is 0.146. The van der Waals surface area contributed by atoms with Crippen LogP contribution in [-0.2, 0) is 23.7 Å². The van der Waals surface area contributed by atoms with Crippen LogP contribution in [0.1, 0.15) is 6.92 Å². The van der Waals surface area contributed by atoms with E-state index < -0.39 is 12.1 Å². The number of aliphatic hydroxyl groups excluding tert-OH is 1. The molecule has 106 valence electrons. The molecule has 0 aromatic carbocycles. The summed E-state index contributed by atoms with van der Waals surface area (Å²) in [5, 5.41) is 8.90. The first-order valence-corrected chi connectivity index (χ1v) is 5.87.